The number of aromatic nitrogens is 2. The Morgan fingerprint density at radius 3 is 2.33 bits per heavy atom. The molecule has 188 valence electrons. The fraction of sp³-hybridized carbons (Fsp3) is 0.346. The summed E-state index contributed by atoms with van der Waals surface area (Å²) >= 11 is 0. The molecule has 2 heterocycles. The van der Waals surface area contributed by atoms with Crippen LogP contribution in [0.4, 0.5) is 5.69 Å². The van der Waals surface area contributed by atoms with E-state index in [0.29, 0.717) is 29.9 Å². The van der Waals surface area contributed by atoms with Crippen LogP contribution in [0, 0.1) is 10.1 Å². The van der Waals surface area contributed by atoms with Crippen molar-refractivity contribution in [2.75, 3.05) is 32.7 Å². The molecule has 10 heteroatoms. The molecule has 1 saturated heterocycles. The third-order valence-corrected chi connectivity index (χ3v) is 6.28. The topological polar surface area (TPSA) is 111 Å². The number of hydrogen-bond donors (Lipinski definition) is 0. The van der Waals surface area contributed by atoms with Gasteiger partial charge in [0, 0.05) is 55.6 Å². The Morgan fingerprint density at radius 2 is 1.72 bits per heavy atom. The van der Waals surface area contributed by atoms with Crippen LogP contribution in [0.2, 0.25) is 0 Å². The molecule has 1 aromatic heterocycles. The molecule has 1 aliphatic heterocycles. The summed E-state index contributed by atoms with van der Waals surface area (Å²) in [5.74, 6) is -0.742. The third-order valence-electron chi connectivity index (χ3n) is 6.28. The van der Waals surface area contributed by atoms with Crippen molar-refractivity contribution in [1.29, 1.82) is 0 Å². The van der Waals surface area contributed by atoms with Crippen LogP contribution in [-0.2, 0) is 20.7 Å². The normalized spacial score (nSPS) is 14.9. The van der Waals surface area contributed by atoms with Crippen molar-refractivity contribution in [3.63, 3.8) is 0 Å². The summed E-state index contributed by atoms with van der Waals surface area (Å²) in [5, 5.41) is 15.7. The van der Waals surface area contributed by atoms with E-state index in [2.05, 4.69) is 16.9 Å². The zero-order chi connectivity index (χ0) is 25.7. The third kappa shape index (κ3) is 5.77. The number of esters is 1. The lowest BCUT2D eigenvalue weighted by Crippen LogP contribution is -2.51. The summed E-state index contributed by atoms with van der Waals surface area (Å²) in [7, 11) is 0. The average Bonchev–Trinajstić information content (AvgIpc) is 3.32. The van der Waals surface area contributed by atoms with Gasteiger partial charge in [-0.1, -0.05) is 25.1 Å². The fourth-order valence-corrected chi connectivity index (χ4v) is 4.22. The van der Waals surface area contributed by atoms with E-state index < -0.39 is 17.0 Å². The van der Waals surface area contributed by atoms with E-state index in [1.165, 1.54) is 12.1 Å². The quantitative estimate of drug-likeness (QED) is 0.270. The van der Waals surface area contributed by atoms with Crippen molar-refractivity contribution < 1.29 is 19.2 Å². The number of ether oxygens (including phenoxy) is 1. The molecule has 0 aliphatic carbocycles. The summed E-state index contributed by atoms with van der Waals surface area (Å²) in [5.41, 5.74) is 2.51. The number of amides is 1. The maximum absolute atomic E-state index is 12.9. The maximum Gasteiger partial charge on any atom is 0.311 e. The number of nitrogens with zero attached hydrogens (tertiary/aromatic N) is 5. The van der Waals surface area contributed by atoms with Gasteiger partial charge in [0.1, 0.15) is 0 Å². The number of rotatable bonds is 8. The molecule has 36 heavy (non-hydrogen) atoms. The highest BCUT2D eigenvalue weighted by Crippen LogP contribution is 2.26. The van der Waals surface area contributed by atoms with Crippen molar-refractivity contribution in [1.82, 2.24) is 19.6 Å². The number of nitro groups is 1. The second kappa shape index (κ2) is 11.1. The van der Waals surface area contributed by atoms with Gasteiger partial charge in [-0.2, -0.15) is 5.10 Å². The van der Waals surface area contributed by atoms with Gasteiger partial charge in [0.2, 0.25) is 0 Å². The Balaban J connectivity index is 1.51. The highest BCUT2D eigenvalue weighted by atomic mass is 16.6. The lowest BCUT2D eigenvalue weighted by atomic mass is 10.1. The number of carbonyl (C=O) groups excluding carboxylic acids is 2. The first-order valence-electron chi connectivity index (χ1n) is 11.9. The SMILES string of the molecule is CCN1CCN(C(=O)C(C)OC(=O)Cc2cn(-c3ccccc3)nc2-c2ccc([N+](=O)[O-])cc2)CC1. The molecule has 1 aliphatic rings. The van der Waals surface area contributed by atoms with Crippen LogP contribution in [-0.4, -0.2) is 75.2 Å². The molecule has 0 radical (unpaired) electrons. The molecule has 0 saturated carbocycles. The summed E-state index contributed by atoms with van der Waals surface area (Å²) in [4.78, 5) is 40.2. The zero-order valence-electron chi connectivity index (χ0n) is 20.4. The van der Waals surface area contributed by atoms with E-state index in [4.69, 9.17) is 4.74 Å². The van der Waals surface area contributed by atoms with E-state index in [1.54, 1.807) is 34.8 Å². The fourth-order valence-electron chi connectivity index (χ4n) is 4.22. The number of non-ortho nitro benzene ring substituents is 1. The first-order chi connectivity index (χ1) is 17.4. The minimum Gasteiger partial charge on any atom is -0.452 e. The van der Waals surface area contributed by atoms with Gasteiger partial charge in [-0.05, 0) is 37.7 Å². The van der Waals surface area contributed by atoms with Gasteiger partial charge in [0.15, 0.2) is 6.10 Å². The second-order valence-electron chi connectivity index (χ2n) is 8.66. The van der Waals surface area contributed by atoms with Gasteiger partial charge in [-0.25, -0.2) is 4.68 Å². The number of hydrogen-bond acceptors (Lipinski definition) is 7. The number of piperazine rings is 1. The highest BCUT2D eigenvalue weighted by molar-refractivity contribution is 5.84. The Hall–Kier alpha value is -4.05. The molecule has 0 bridgehead atoms. The van der Waals surface area contributed by atoms with Crippen LogP contribution in [0.15, 0.2) is 60.8 Å². The van der Waals surface area contributed by atoms with Crippen LogP contribution < -0.4 is 0 Å². The van der Waals surface area contributed by atoms with Gasteiger partial charge in [-0.15, -0.1) is 0 Å². The van der Waals surface area contributed by atoms with E-state index in [9.17, 15) is 19.7 Å². The molecule has 2 aromatic carbocycles. The van der Waals surface area contributed by atoms with Gasteiger partial charge in [0.25, 0.3) is 11.6 Å². The number of carbonyl (C=O) groups is 2. The van der Waals surface area contributed by atoms with E-state index in [0.717, 1.165) is 25.3 Å². The minimum absolute atomic E-state index is 0.0330. The summed E-state index contributed by atoms with van der Waals surface area (Å²) in [6.07, 6.45) is 0.752. The molecular weight excluding hydrogens is 462 g/mol. The highest BCUT2D eigenvalue weighted by Gasteiger charge is 2.27. The van der Waals surface area contributed by atoms with Crippen molar-refractivity contribution in [2.24, 2.45) is 0 Å². The standard InChI is InChI=1S/C26H29N5O5/c1-3-28-13-15-29(16-14-28)26(33)19(2)36-24(32)17-21-18-30(22-7-5-4-6-8-22)27-25(21)20-9-11-23(12-10-20)31(34)35/h4-12,18-19H,3,13-17H2,1-2H3. The molecule has 10 nitrogen and oxygen atoms in total. The molecule has 0 N–H and O–H groups in total. The maximum atomic E-state index is 12.9. The lowest BCUT2D eigenvalue weighted by Gasteiger charge is -2.35. The lowest BCUT2D eigenvalue weighted by molar-refractivity contribution is -0.384. The van der Waals surface area contributed by atoms with Crippen molar-refractivity contribution in [3.05, 3.63) is 76.5 Å². The molecule has 1 amide bonds. The zero-order valence-corrected chi connectivity index (χ0v) is 20.4. The first kappa shape index (κ1) is 25.1. The van der Waals surface area contributed by atoms with Gasteiger partial charge in [0.05, 0.1) is 22.7 Å². The monoisotopic (exact) mass is 491 g/mol. The van der Waals surface area contributed by atoms with Crippen LogP contribution in [0.3, 0.4) is 0 Å². The number of nitro benzene ring substituents is 1. The van der Waals surface area contributed by atoms with Crippen molar-refractivity contribution in [3.8, 4) is 16.9 Å². The molecule has 4 rings (SSSR count). The predicted octanol–water partition coefficient (Wildman–Crippen LogP) is 3.09. The molecule has 1 atom stereocenters. The molecule has 1 unspecified atom stereocenters. The largest absolute Gasteiger partial charge is 0.452 e. The summed E-state index contributed by atoms with van der Waals surface area (Å²) < 4.78 is 7.16. The van der Waals surface area contributed by atoms with Crippen LogP contribution >= 0.6 is 0 Å². The van der Waals surface area contributed by atoms with Crippen molar-refractivity contribution >= 4 is 17.6 Å². The number of para-hydroxylation sites is 1. The Morgan fingerprint density at radius 1 is 1.06 bits per heavy atom. The van der Waals surface area contributed by atoms with Crippen molar-refractivity contribution in [2.45, 2.75) is 26.4 Å². The second-order valence-corrected chi connectivity index (χ2v) is 8.66. The van der Waals surface area contributed by atoms with Crippen LogP contribution in [0.5, 0.6) is 0 Å². The molecule has 0 spiro atoms. The first-order valence-corrected chi connectivity index (χ1v) is 11.9. The Bertz CT molecular complexity index is 1220. The summed E-state index contributed by atoms with van der Waals surface area (Å²) in [6, 6.07) is 15.4. The smallest absolute Gasteiger partial charge is 0.311 e. The van der Waals surface area contributed by atoms with Gasteiger partial charge in [-0.3, -0.25) is 19.7 Å². The molecule has 3 aromatic rings. The Kier molecular flexibility index (Phi) is 7.74. The predicted molar refractivity (Wildman–Crippen MR) is 134 cm³/mol. The van der Waals surface area contributed by atoms with E-state index in [1.807, 2.05) is 30.3 Å². The van der Waals surface area contributed by atoms with Crippen LogP contribution in [0.1, 0.15) is 19.4 Å². The van der Waals surface area contributed by atoms with E-state index in [-0.39, 0.29) is 18.0 Å². The summed E-state index contributed by atoms with van der Waals surface area (Å²) in [6.45, 7) is 7.47. The van der Waals surface area contributed by atoms with Gasteiger partial charge >= 0.3 is 5.97 Å². The minimum atomic E-state index is -0.891. The van der Waals surface area contributed by atoms with E-state index >= 15 is 0 Å². The Labute approximate surface area is 209 Å². The number of benzene rings is 2. The number of likely N-dealkylation sites (N-methyl/N-ethyl adjacent to an activating group) is 1. The molecule has 1 fully saturated rings. The van der Waals surface area contributed by atoms with Crippen LogP contribution in [0.25, 0.3) is 16.9 Å². The average molecular weight is 492 g/mol. The van der Waals surface area contributed by atoms with Gasteiger partial charge < -0.3 is 14.5 Å². The molecular formula is C26H29N5O5.